The zero-order valence-electron chi connectivity index (χ0n) is 11.5. The SMILES string of the molecule is CCC(=O)OCC=C(C)COc1ccc([N+](=O)[O-])cc1. The highest BCUT2D eigenvalue weighted by Crippen LogP contribution is 2.17. The number of hydrogen-bond acceptors (Lipinski definition) is 5. The van der Waals surface area contributed by atoms with E-state index in [2.05, 4.69) is 0 Å². The summed E-state index contributed by atoms with van der Waals surface area (Å²) in [5.74, 6) is 0.305. The average Bonchev–Trinajstić information content (AvgIpc) is 2.45. The predicted octanol–water partition coefficient (Wildman–Crippen LogP) is 2.87. The number of nitro benzene ring substituents is 1. The molecule has 0 bridgehead atoms. The number of carbonyl (C=O) groups excluding carboxylic acids is 1. The molecule has 0 saturated carbocycles. The zero-order valence-corrected chi connectivity index (χ0v) is 11.5. The monoisotopic (exact) mass is 279 g/mol. The molecule has 0 aromatic heterocycles. The Balaban J connectivity index is 2.40. The summed E-state index contributed by atoms with van der Waals surface area (Å²) in [5.41, 5.74) is 0.934. The van der Waals surface area contributed by atoms with E-state index in [-0.39, 0.29) is 18.3 Å². The number of ether oxygens (including phenoxy) is 2. The third-order valence-corrected chi connectivity index (χ3v) is 2.48. The summed E-state index contributed by atoms with van der Waals surface area (Å²) >= 11 is 0. The second-order valence-electron chi connectivity index (χ2n) is 4.13. The van der Waals surface area contributed by atoms with Crippen molar-refractivity contribution < 1.29 is 19.2 Å². The molecule has 1 aromatic carbocycles. The summed E-state index contributed by atoms with van der Waals surface area (Å²) < 4.78 is 10.4. The van der Waals surface area contributed by atoms with Gasteiger partial charge in [-0.1, -0.05) is 6.92 Å². The van der Waals surface area contributed by atoms with Crippen LogP contribution in [0.25, 0.3) is 0 Å². The van der Waals surface area contributed by atoms with Crippen molar-refractivity contribution in [3.8, 4) is 5.75 Å². The maximum absolute atomic E-state index is 10.9. The molecule has 0 N–H and O–H groups in total. The number of esters is 1. The van der Waals surface area contributed by atoms with Crippen LogP contribution in [0, 0.1) is 10.1 Å². The van der Waals surface area contributed by atoms with Gasteiger partial charge in [-0.3, -0.25) is 14.9 Å². The Morgan fingerprint density at radius 2 is 2.00 bits per heavy atom. The minimum Gasteiger partial charge on any atom is -0.489 e. The summed E-state index contributed by atoms with van der Waals surface area (Å²) in [6.07, 6.45) is 2.12. The van der Waals surface area contributed by atoms with Crippen molar-refractivity contribution in [2.45, 2.75) is 20.3 Å². The predicted molar refractivity (Wildman–Crippen MR) is 73.6 cm³/mol. The Morgan fingerprint density at radius 3 is 2.55 bits per heavy atom. The lowest BCUT2D eigenvalue weighted by atomic mass is 10.3. The van der Waals surface area contributed by atoms with E-state index < -0.39 is 4.92 Å². The van der Waals surface area contributed by atoms with E-state index in [0.29, 0.717) is 18.8 Å². The van der Waals surface area contributed by atoms with Gasteiger partial charge in [0.25, 0.3) is 5.69 Å². The van der Waals surface area contributed by atoms with Crippen molar-refractivity contribution in [3.63, 3.8) is 0 Å². The van der Waals surface area contributed by atoms with Gasteiger partial charge >= 0.3 is 5.97 Å². The fraction of sp³-hybridized carbons (Fsp3) is 0.357. The van der Waals surface area contributed by atoms with Crippen LogP contribution >= 0.6 is 0 Å². The van der Waals surface area contributed by atoms with E-state index in [0.717, 1.165) is 5.57 Å². The maximum atomic E-state index is 10.9. The first-order valence-electron chi connectivity index (χ1n) is 6.21. The number of hydrogen-bond donors (Lipinski definition) is 0. The largest absolute Gasteiger partial charge is 0.489 e. The molecule has 0 spiro atoms. The first-order valence-corrected chi connectivity index (χ1v) is 6.21. The molecular weight excluding hydrogens is 262 g/mol. The normalized spacial score (nSPS) is 11.0. The summed E-state index contributed by atoms with van der Waals surface area (Å²) in [7, 11) is 0. The van der Waals surface area contributed by atoms with E-state index in [1.165, 1.54) is 12.1 Å². The molecular formula is C14H17NO5. The van der Waals surface area contributed by atoms with E-state index >= 15 is 0 Å². The van der Waals surface area contributed by atoms with Crippen LogP contribution in [0.3, 0.4) is 0 Å². The van der Waals surface area contributed by atoms with Gasteiger partial charge in [0.05, 0.1) is 4.92 Å². The quantitative estimate of drug-likeness (QED) is 0.332. The highest BCUT2D eigenvalue weighted by atomic mass is 16.6. The Kier molecular flexibility index (Phi) is 6.22. The van der Waals surface area contributed by atoms with Crippen molar-refractivity contribution in [1.82, 2.24) is 0 Å². The lowest BCUT2D eigenvalue weighted by Crippen LogP contribution is -2.04. The van der Waals surface area contributed by atoms with Gasteiger partial charge in [0, 0.05) is 18.6 Å². The van der Waals surface area contributed by atoms with Gasteiger partial charge < -0.3 is 9.47 Å². The van der Waals surface area contributed by atoms with Gasteiger partial charge in [0.2, 0.25) is 0 Å². The summed E-state index contributed by atoms with van der Waals surface area (Å²) in [6.45, 7) is 4.14. The van der Waals surface area contributed by atoms with Crippen LogP contribution in [-0.2, 0) is 9.53 Å². The molecule has 20 heavy (non-hydrogen) atoms. The fourth-order valence-corrected chi connectivity index (χ4v) is 1.30. The van der Waals surface area contributed by atoms with E-state index in [1.54, 1.807) is 25.1 Å². The Morgan fingerprint density at radius 1 is 1.35 bits per heavy atom. The van der Waals surface area contributed by atoms with Crippen LogP contribution in [0.15, 0.2) is 35.9 Å². The Labute approximate surface area is 117 Å². The van der Waals surface area contributed by atoms with E-state index in [9.17, 15) is 14.9 Å². The molecule has 0 unspecified atom stereocenters. The van der Waals surface area contributed by atoms with Crippen LogP contribution in [0.5, 0.6) is 5.75 Å². The van der Waals surface area contributed by atoms with Crippen molar-refractivity contribution >= 4 is 11.7 Å². The minimum atomic E-state index is -0.461. The second kappa shape index (κ2) is 7.93. The van der Waals surface area contributed by atoms with Crippen molar-refractivity contribution in [1.29, 1.82) is 0 Å². The number of nitrogens with zero attached hydrogens (tertiary/aromatic N) is 1. The van der Waals surface area contributed by atoms with E-state index in [1.807, 2.05) is 6.92 Å². The zero-order chi connectivity index (χ0) is 15.0. The molecule has 0 amide bonds. The van der Waals surface area contributed by atoms with Crippen LogP contribution in [0.4, 0.5) is 5.69 Å². The van der Waals surface area contributed by atoms with E-state index in [4.69, 9.17) is 9.47 Å². The van der Waals surface area contributed by atoms with Crippen LogP contribution in [0.2, 0.25) is 0 Å². The van der Waals surface area contributed by atoms with Gasteiger partial charge in [-0.15, -0.1) is 0 Å². The first-order chi connectivity index (χ1) is 9.52. The molecule has 1 rings (SSSR count). The molecule has 0 aliphatic rings. The first kappa shape index (κ1) is 15.7. The number of carbonyl (C=O) groups is 1. The van der Waals surface area contributed by atoms with Gasteiger partial charge in [0.1, 0.15) is 19.0 Å². The molecule has 6 nitrogen and oxygen atoms in total. The minimum absolute atomic E-state index is 0.0242. The smallest absolute Gasteiger partial charge is 0.305 e. The third-order valence-electron chi connectivity index (χ3n) is 2.48. The molecule has 0 heterocycles. The van der Waals surface area contributed by atoms with Gasteiger partial charge in [-0.2, -0.15) is 0 Å². The van der Waals surface area contributed by atoms with Crippen molar-refractivity contribution in [2.24, 2.45) is 0 Å². The maximum Gasteiger partial charge on any atom is 0.305 e. The number of nitro groups is 1. The molecule has 0 radical (unpaired) electrons. The lowest BCUT2D eigenvalue weighted by Gasteiger charge is -2.06. The molecule has 108 valence electrons. The second-order valence-corrected chi connectivity index (χ2v) is 4.13. The fourth-order valence-electron chi connectivity index (χ4n) is 1.30. The molecule has 0 fully saturated rings. The Bertz CT molecular complexity index is 493. The van der Waals surface area contributed by atoms with Crippen molar-refractivity contribution in [2.75, 3.05) is 13.2 Å². The highest BCUT2D eigenvalue weighted by molar-refractivity contribution is 5.68. The third kappa shape index (κ3) is 5.51. The van der Waals surface area contributed by atoms with Crippen LogP contribution in [-0.4, -0.2) is 24.1 Å². The number of non-ortho nitro benzene ring substituents is 1. The van der Waals surface area contributed by atoms with Crippen LogP contribution < -0.4 is 4.74 Å². The highest BCUT2D eigenvalue weighted by Gasteiger charge is 2.04. The van der Waals surface area contributed by atoms with Gasteiger partial charge in [0.15, 0.2) is 0 Å². The van der Waals surface area contributed by atoms with Gasteiger partial charge in [-0.25, -0.2) is 0 Å². The standard InChI is InChI=1S/C14H17NO5/c1-3-14(16)19-9-8-11(2)10-20-13-6-4-12(5-7-13)15(17)18/h4-8H,3,9-10H2,1-2H3. The molecule has 0 saturated heterocycles. The van der Waals surface area contributed by atoms with Crippen LogP contribution in [0.1, 0.15) is 20.3 Å². The summed E-state index contributed by atoms with van der Waals surface area (Å²) in [6, 6.07) is 5.86. The summed E-state index contributed by atoms with van der Waals surface area (Å²) in [5, 5.41) is 10.5. The number of rotatable bonds is 7. The molecule has 1 aromatic rings. The molecule has 0 atom stereocenters. The Hall–Kier alpha value is -2.37. The topological polar surface area (TPSA) is 78.7 Å². The van der Waals surface area contributed by atoms with Crippen molar-refractivity contribution in [3.05, 3.63) is 46.0 Å². The molecule has 0 aliphatic heterocycles. The lowest BCUT2D eigenvalue weighted by molar-refractivity contribution is -0.384. The summed E-state index contributed by atoms with van der Waals surface area (Å²) in [4.78, 5) is 21.0. The average molecular weight is 279 g/mol. The molecule has 0 aliphatic carbocycles. The number of benzene rings is 1. The van der Waals surface area contributed by atoms with Gasteiger partial charge in [-0.05, 0) is 30.7 Å². The molecule has 6 heteroatoms.